The Morgan fingerprint density at radius 1 is 1.44 bits per heavy atom. The summed E-state index contributed by atoms with van der Waals surface area (Å²) in [6, 6.07) is 9.71. The van der Waals surface area contributed by atoms with E-state index < -0.39 is 6.10 Å². The SMILES string of the molecule is CO[C@H](C)C(=O)N(CCC#N)c1ccc(C)cc1. The van der Waals surface area contributed by atoms with E-state index >= 15 is 0 Å². The number of hydrogen-bond donors (Lipinski definition) is 0. The molecular formula is C14H18N2O2. The van der Waals surface area contributed by atoms with Crippen LogP contribution in [0.5, 0.6) is 0 Å². The number of anilines is 1. The molecule has 0 unspecified atom stereocenters. The third-order valence-corrected chi connectivity index (χ3v) is 2.76. The molecule has 0 spiro atoms. The van der Waals surface area contributed by atoms with E-state index in [-0.39, 0.29) is 5.91 Å². The lowest BCUT2D eigenvalue weighted by atomic mass is 10.2. The first-order valence-corrected chi connectivity index (χ1v) is 5.88. The molecule has 0 aliphatic carbocycles. The Balaban J connectivity index is 2.94. The molecule has 0 fully saturated rings. The van der Waals surface area contributed by atoms with Crippen LogP contribution in [-0.4, -0.2) is 25.7 Å². The maximum atomic E-state index is 12.2. The number of nitriles is 1. The number of methoxy groups -OCH3 is 1. The van der Waals surface area contributed by atoms with Crippen molar-refractivity contribution in [2.45, 2.75) is 26.4 Å². The van der Waals surface area contributed by atoms with Gasteiger partial charge in [-0.15, -0.1) is 0 Å². The number of rotatable bonds is 5. The van der Waals surface area contributed by atoms with Crippen molar-refractivity contribution >= 4 is 11.6 Å². The number of aryl methyl sites for hydroxylation is 1. The number of hydrogen-bond acceptors (Lipinski definition) is 3. The minimum atomic E-state index is -0.509. The molecule has 0 radical (unpaired) electrons. The molecule has 96 valence electrons. The predicted octanol–water partition coefficient (Wildman–Crippen LogP) is 2.28. The quantitative estimate of drug-likeness (QED) is 0.800. The fourth-order valence-corrected chi connectivity index (χ4v) is 1.57. The van der Waals surface area contributed by atoms with E-state index in [2.05, 4.69) is 6.07 Å². The van der Waals surface area contributed by atoms with Gasteiger partial charge in [0.05, 0.1) is 12.5 Å². The molecule has 1 aromatic rings. The second kappa shape index (κ2) is 6.77. The van der Waals surface area contributed by atoms with E-state index in [4.69, 9.17) is 10.00 Å². The molecule has 4 nitrogen and oxygen atoms in total. The number of amides is 1. The van der Waals surface area contributed by atoms with Gasteiger partial charge in [-0.1, -0.05) is 17.7 Å². The van der Waals surface area contributed by atoms with Crippen LogP contribution in [0.4, 0.5) is 5.69 Å². The molecule has 1 aromatic carbocycles. The minimum absolute atomic E-state index is 0.128. The smallest absolute Gasteiger partial charge is 0.255 e. The van der Waals surface area contributed by atoms with E-state index in [0.29, 0.717) is 13.0 Å². The molecule has 0 bridgehead atoms. The summed E-state index contributed by atoms with van der Waals surface area (Å²) in [7, 11) is 1.50. The molecule has 0 heterocycles. The predicted molar refractivity (Wildman–Crippen MR) is 70.2 cm³/mol. The number of carbonyl (C=O) groups excluding carboxylic acids is 1. The van der Waals surface area contributed by atoms with Crippen molar-refractivity contribution in [1.29, 1.82) is 5.26 Å². The Bertz CT molecular complexity index is 434. The fourth-order valence-electron chi connectivity index (χ4n) is 1.57. The molecule has 0 N–H and O–H groups in total. The van der Waals surface area contributed by atoms with Gasteiger partial charge in [0, 0.05) is 19.3 Å². The molecular weight excluding hydrogens is 228 g/mol. The van der Waals surface area contributed by atoms with Crippen LogP contribution in [0.3, 0.4) is 0 Å². The van der Waals surface area contributed by atoms with Crippen molar-refractivity contribution in [2.24, 2.45) is 0 Å². The highest BCUT2D eigenvalue weighted by Crippen LogP contribution is 2.17. The lowest BCUT2D eigenvalue weighted by molar-refractivity contribution is -0.127. The van der Waals surface area contributed by atoms with Gasteiger partial charge in [0.15, 0.2) is 0 Å². The van der Waals surface area contributed by atoms with Gasteiger partial charge in [-0.25, -0.2) is 0 Å². The van der Waals surface area contributed by atoms with Gasteiger partial charge >= 0.3 is 0 Å². The highest BCUT2D eigenvalue weighted by molar-refractivity contribution is 5.96. The third kappa shape index (κ3) is 3.57. The second-order valence-corrected chi connectivity index (χ2v) is 4.11. The van der Waals surface area contributed by atoms with Crippen LogP contribution in [0.25, 0.3) is 0 Å². The summed E-state index contributed by atoms with van der Waals surface area (Å²) in [6.07, 6.45) is -0.208. The third-order valence-electron chi connectivity index (χ3n) is 2.76. The highest BCUT2D eigenvalue weighted by atomic mass is 16.5. The van der Waals surface area contributed by atoms with Gasteiger partial charge in [0.1, 0.15) is 6.10 Å². The monoisotopic (exact) mass is 246 g/mol. The Labute approximate surface area is 108 Å². The molecule has 18 heavy (non-hydrogen) atoms. The maximum Gasteiger partial charge on any atom is 0.255 e. The minimum Gasteiger partial charge on any atom is -0.372 e. The van der Waals surface area contributed by atoms with E-state index in [1.165, 1.54) is 7.11 Å². The molecule has 0 saturated heterocycles. The van der Waals surface area contributed by atoms with E-state index in [1.54, 1.807) is 11.8 Å². The van der Waals surface area contributed by atoms with Crippen LogP contribution < -0.4 is 4.90 Å². The van der Waals surface area contributed by atoms with Crippen molar-refractivity contribution < 1.29 is 9.53 Å². The largest absolute Gasteiger partial charge is 0.372 e. The van der Waals surface area contributed by atoms with Crippen molar-refractivity contribution in [1.82, 2.24) is 0 Å². The zero-order valence-corrected chi connectivity index (χ0v) is 11.0. The van der Waals surface area contributed by atoms with Crippen molar-refractivity contribution in [3.05, 3.63) is 29.8 Å². The Morgan fingerprint density at radius 3 is 2.56 bits per heavy atom. The number of ether oxygens (including phenoxy) is 1. The van der Waals surface area contributed by atoms with Gasteiger partial charge in [-0.2, -0.15) is 5.26 Å². The first-order valence-electron chi connectivity index (χ1n) is 5.88. The number of nitrogens with zero attached hydrogens (tertiary/aromatic N) is 2. The summed E-state index contributed by atoms with van der Waals surface area (Å²) in [4.78, 5) is 13.8. The van der Waals surface area contributed by atoms with Gasteiger partial charge in [-0.3, -0.25) is 4.79 Å². The summed E-state index contributed by atoms with van der Waals surface area (Å²) in [6.45, 7) is 4.07. The fraction of sp³-hybridized carbons (Fsp3) is 0.429. The van der Waals surface area contributed by atoms with E-state index in [9.17, 15) is 4.79 Å². The molecule has 1 amide bonds. The van der Waals surface area contributed by atoms with Crippen LogP contribution >= 0.6 is 0 Å². The van der Waals surface area contributed by atoms with Gasteiger partial charge in [-0.05, 0) is 26.0 Å². The van der Waals surface area contributed by atoms with Crippen LogP contribution in [0.15, 0.2) is 24.3 Å². The number of carbonyl (C=O) groups is 1. The van der Waals surface area contributed by atoms with Crippen LogP contribution in [-0.2, 0) is 9.53 Å². The molecule has 0 aliphatic rings. The molecule has 1 rings (SSSR count). The van der Waals surface area contributed by atoms with Crippen molar-refractivity contribution in [2.75, 3.05) is 18.6 Å². The van der Waals surface area contributed by atoms with Crippen molar-refractivity contribution in [3.8, 4) is 6.07 Å². The summed E-state index contributed by atoms with van der Waals surface area (Å²) < 4.78 is 5.04. The van der Waals surface area contributed by atoms with Gasteiger partial charge in [0.2, 0.25) is 0 Å². The normalized spacial score (nSPS) is 11.7. The highest BCUT2D eigenvalue weighted by Gasteiger charge is 2.21. The summed E-state index contributed by atoms with van der Waals surface area (Å²) in [5, 5.41) is 8.66. The Hall–Kier alpha value is -1.86. The Kier molecular flexibility index (Phi) is 5.34. The van der Waals surface area contributed by atoms with E-state index in [1.807, 2.05) is 31.2 Å². The van der Waals surface area contributed by atoms with Crippen LogP contribution in [0.1, 0.15) is 18.9 Å². The van der Waals surface area contributed by atoms with E-state index in [0.717, 1.165) is 11.3 Å². The zero-order chi connectivity index (χ0) is 13.5. The molecule has 0 saturated carbocycles. The molecule has 0 aromatic heterocycles. The van der Waals surface area contributed by atoms with Crippen molar-refractivity contribution in [3.63, 3.8) is 0 Å². The Morgan fingerprint density at radius 2 is 2.06 bits per heavy atom. The summed E-state index contributed by atoms with van der Waals surface area (Å²) >= 11 is 0. The molecule has 4 heteroatoms. The summed E-state index contributed by atoms with van der Waals surface area (Å²) in [5.41, 5.74) is 1.93. The maximum absolute atomic E-state index is 12.2. The van der Waals surface area contributed by atoms with Gasteiger partial charge in [0.25, 0.3) is 5.91 Å². The van der Waals surface area contributed by atoms with Crippen LogP contribution in [0, 0.1) is 18.3 Å². The molecule has 0 aliphatic heterocycles. The first-order chi connectivity index (χ1) is 8.60. The average molecular weight is 246 g/mol. The first kappa shape index (κ1) is 14.2. The topological polar surface area (TPSA) is 53.3 Å². The lowest BCUT2D eigenvalue weighted by Gasteiger charge is -2.24. The van der Waals surface area contributed by atoms with Crippen LogP contribution in [0.2, 0.25) is 0 Å². The van der Waals surface area contributed by atoms with Gasteiger partial charge < -0.3 is 9.64 Å². The standard InChI is InChI=1S/C14H18N2O2/c1-11-5-7-13(8-6-11)16(10-4-9-15)14(17)12(2)18-3/h5-8,12H,4,10H2,1-3H3/t12-/m1/s1. The zero-order valence-electron chi connectivity index (χ0n) is 11.0. The average Bonchev–Trinajstić information content (AvgIpc) is 2.39. The summed E-state index contributed by atoms with van der Waals surface area (Å²) in [5.74, 6) is -0.128. The number of benzene rings is 1. The second-order valence-electron chi connectivity index (χ2n) is 4.11. The lowest BCUT2D eigenvalue weighted by Crippen LogP contribution is -2.39. The molecule has 1 atom stereocenters.